The first-order valence-corrected chi connectivity index (χ1v) is 6.25. The van der Waals surface area contributed by atoms with E-state index in [2.05, 4.69) is 0 Å². The Kier molecular flexibility index (Phi) is 4.20. The summed E-state index contributed by atoms with van der Waals surface area (Å²) in [5.41, 5.74) is 7.29. The molecule has 0 radical (unpaired) electrons. The molecule has 0 saturated heterocycles. The van der Waals surface area contributed by atoms with E-state index >= 15 is 0 Å². The molecule has 0 aliphatic heterocycles. The molecule has 98 valence electrons. The fourth-order valence-corrected chi connectivity index (χ4v) is 2.20. The van der Waals surface area contributed by atoms with Gasteiger partial charge in [-0.15, -0.1) is 0 Å². The van der Waals surface area contributed by atoms with Crippen LogP contribution in [0, 0.1) is 0 Å². The number of carbonyl (C=O) groups is 1. The summed E-state index contributed by atoms with van der Waals surface area (Å²) in [6, 6.07) is 14.2. The van der Waals surface area contributed by atoms with Crippen molar-refractivity contribution in [2.24, 2.45) is 5.73 Å². The van der Waals surface area contributed by atoms with E-state index in [0.29, 0.717) is 16.1 Å². The molecule has 0 fully saturated rings. The molecule has 2 aromatic carbocycles. The van der Waals surface area contributed by atoms with Crippen molar-refractivity contribution < 1.29 is 9.90 Å². The Labute approximate surface area is 116 Å². The van der Waals surface area contributed by atoms with Crippen LogP contribution in [0.5, 0.6) is 0 Å². The van der Waals surface area contributed by atoms with Gasteiger partial charge in [-0.05, 0) is 28.8 Å². The van der Waals surface area contributed by atoms with Gasteiger partial charge in [0.15, 0.2) is 0 Å². The van der Waals surface area contributed by atoms with Crippen LogP contribution < -0.4 is 5.73 Å². The molecular formula is C15H14ClNO2. The molecule has 3 nitrogen and oxygen atoms in total. The highest BCUT2D eigenvalue weighted by atomic mass is 35.5. The lowest BCUT2D eigenvalue weighted by atomic mass is 9.95. The summed E-state index contributed by atoms with van der Waals surface area (Å²) in [5.74, 6) is -0.425. The van der Waals surface area contributed by atoms with Crippen LogP contribution in [0.3, 0.4) is 0 Å². The van der Waals surface area contributed by atoms with Gasteiger partial charge in [-0.1, -0.05) is 48.0 Å². The maximum Gasteiger partial charge on any atom is 0.221 e. The van der Waals surface area contributed by atoms with Gasteiger partial charge in [0, 0.05) is 5.02 Å². The Morgan fingerprint density at radius 1 is 1.21 bits per heavy atom. The van der Waals surface area contributed by atoms with Crippen LogP contribution in [0.2, 0.25) is 5.02 Å². The van der Waals surface area contributed by atoms with Crippen LogP contribution in [-0.2, 0) is 11.2 Å². The van der Waals surface area contributed by atoms with E-state index in [9.17, 15) is 9.90 Å². The van der Waals surface area contributed by atoms with Gasteiger partial charge in [0.05, 0.1) is 6.42 Å². The number of aliphatic hydroxyl groups excluding tert-OH is 1. The number of hydrogen-bond acceptors (Lipinski definition) is 2. The minimum absolute atomic E-state index is 0.105. The number of nitrogens with two attached hydrogens (primary N) is 1. The lowest BCUT2D eigenvalue weighted by molar-refractivity contribution is -0.117. The number of amides is 1. The molecule has 2 aromatic rings. The molecule has 1 amide bonds. The lowest BCUT2D eigenvalue weighted by Crippen LogP contribution is -2.16. The molecule has 1 unspecified atom stereocenters. The van der Waals surface area contributed by atoms with E-state index in [1.54, 1.807) is 36.4 Å². The van der Waals surface area contributed by atoms with Crippen molar-refractivity contribution in [1.29, 1.82) is 0 Å². The zero-order valence-electron chi connectivity index (χ0n) is 10.2. The molecule has 1 atom stereocenters. The van der Waals surface area contributed by atoms with E-state index in [0.717, 1.165) is 5.56 Å². The van der Waals surface area contributed by atoms with Gasteiger partial charge >= 0.3 is 0 Å². The number of carbonyl (C=O) groups excluding carboxylic acids is 1. The van der Waals surface area contributed by atoms with Gasteiger partial charge < -0.3 is 10.8 Å². The normalized spacial score (nSPS) is 12.1. The highest BCUT2D eigenvalue weighted by molar-refractivity contribution is 6.30. The first kappa shape index (κ1) is 13.6. The van der Waals surface area contributed by atoms with Gasteiger partial charge in [-0.25, -0.2) is 0 Å². The largest absolute Gasteiger partial charge is 0.384 e. The van der Waals surface area contributed by atoms with Crippen LogP contribution in [0.15, 0.2) is 48.5 Å². The van der Waals surface area contributed by atoms with Gasteiger partial charge in [0.2, 0.25) is 5.91 Å². The van der Waals surface area contributed by atoms with Crippen molar-refractivity contribution in [1.82, 2.24) is 0 Å². The fourth-order valence-electron chi connectivity index (χ4n) is 2.01. The Morgan fingerprint density at radius 2 is 1.95 bits per heavy atom. The monoisotopic (exact) mass is 275 g/mol. The number of primary amides is 1. The summed E-state index contributed by atoms with van der Waals surface area (Å²) in [5, 5.41) is 11.0. The SMILES string of the molecule is NC(=O)Cc1ccccc1C(O)c1cccc(Cl)c1. The molecule has 0 saturated carbocycles. The molecule has 4 heteroatoms. The van der Waals surface area contributed by atoms with Crippen molar-refractivity contribution in [2.75, 3.05) is 0 Å². The average Bonchev–Trinajstić information content (AvgIpc) is 2.38. The average molecular weight is 276 g/mol. The number of halogens is 1. The Balaban J connectivity index is 2.38. The molecule has 0 aliphatic rings. The summed E-state index contributed by atoms with van der Waals surface area (Å²) >= 11 is 5.92. The quantitative estimate of drug-likeness (QED) is 0.900. The first-order valence-electron chi connectivity index (χ1n) is 5.87. The van der Waals surface area contributed by atoms with Crippen LogP contribution >= 0.6 is 11.6 Å². The standard InChI is InChI=1S/C15H14ClNO2/c16-12-6-3-5-11(8-12)15(19)13-7-2-1-4-10(13)9-14(17)18/h1-8,15,19H,9H2,(H2,17,18). The van der Waals surface area contributed by atoms with Crippen LogP contribution in [0.25, 0.3) is 0 Å². The third kappa shape index (κ3) is 3.34. The van der Waals surface area contributed by atoms with Gasteiger partial charge in [-0.2, -0.15) is 0 Å². The van der Waals surface area contributed by atoms with Crippen molar-refractivity contribution in [3.05, 3.63) is 70.2 Å². The highest BCUT2D eigenvalue weighted by Gasteiger charge is 2.15. The highest BCUT2D eigenvalue weighted by Crippen LogP contribution is 2.26. The van der Waals surface area contributed by atoms with Crippen LogP contribution in [-0.4, -0.2) is 11.0 Å². The number of aliphatic hydroxyl groups is 1. The summed E-state index contributed by atoms with van der Waals surface area (Å²) in [4.78, 5) is 11.1. The number of hydrogen-bond donors (Lipinski definition) is 2. The molecular weight excluding hydrogens is 262 g/mol. The van der Waals surface area contributed by atoms with Gasteiger partial charge in [0.1, 0.15) is 6.10 Å². The van der Waals surface area contributed by atoms with Crippen LogP contribution in [0.4, 0.5) is 0 Å². The van der Waals surface area contributed by atoms with E-state index in [4.69, 9.17) is 17.3 Å². The minimum Gasteiger partial charge on any atom is -0.384 e. The third-order valence-corrected chi connectivity index (χ3v) is 3.11. The zero-order chi connectivity index (χ0) is 13.8. The van der Waals surface area contributed by atoms with E-state index in [1.165, 1.54) is 0 Å². The second-order valence-corrected chi connectivity index (χ2v) is 4.74. The molecule has 3 N–H and O–H groups in total. The molecule has 0 heterocycles. The first-order chi connectivity index (χ1) is 9.08. The van der Waals surface area contributed by atoms with Crippen molar-refractivity contribution in [3.8, 4) is 0 Å². The predicted molar refractivity (Wildman–Crippen MR) is 74.9 cm³/mol. The predicted octanol–water partition coefficient (Wildman–Crippen LogP) is 2.45. The Bertz CT molecular complexity index is 598. The van der Waals surface area contributed by atoms with Crippen molar-refractivity contribution >= 4 is 17.5 Å². The topological polar surface area (TPSA) is 63.3 Å². The number of rotatable bonds is 4. The molecule has 0 aromatic heterocycles. The second-order valence-electron chi connectivity index (χ2n) is 4.30. The lowest BCUT2D eigenvalue weighted by Gasteiger charge is -2.15. The minimum atomic E-state index is -0.825. The van der Waals surface area contributed by atoms with Crippen LogP contribution in [0.1, 0.15) is 22.8 Å². The third-order valence-electron chi connectivity index (χ3n) is 2.88. The Hall–Kier alpha value is -1.84. The van der Waals surface area contributed by atoms with E-state index in [1.807, 2.05) is 12.1 Å². The summed E-state index contributed by atoms with van der Waals surface area (Å²) < 4.78 is 0. The molecule has 0 bridgehead atoms. The van der Waals surface area contributed by atoms with Gasteiger partial charge in [0.25, 0.3) is 0 Å². The number of benzene rings is 2. The molecule has 19 heavy (non-hydrogen) atoms. The fraction of sp³-hybridized carbons (Fsp3) is 0.133. The summed E-state index contributed by atoms with van der Waals surface area (Å²) in [6.45, 7) is 0. The van der Waals surface area contributed by atoms with E-state index in [-0.39, 0.29) is 6.42 Å². The molecule has 0 spiro atoms. The van der Waals surface area contributed by atoms with Crippen molar-refractivity contribution in [2.45, 2.75) is 12.5 Å². The van der Waals surface area contributed by atoms with Gasteiger partial charge in [-0.3, -0.25) is 4.79 Å². The smallest absolute Gasteiger partial charge is 0.221 e. The second kappa shape index (κ2) is 5.87. The molecule has 2 rings (SSSR count). The maximum absolute atomic E-state index is 11.1. The Morgan fingerprint density at radius 3 is 2.63 bits per heavy atom. The molecule has 0 aliphatic carbocycles. The van der Waals surface area contributed by atoms with E-state index < -0.39 is 12.0 Å². The van der Waals surface area contributed by atoms with Crippen molar-refractivity contribution in [3.63, 3.8) is 0 Å². The summed E-state index contributed by atoms with van der Waals surface area (Å²) in [6.07, 6.45) is -0.720. The maximum atomic E-state index is 11.1. The summed E-state index contributed by atoms with van der Waals surface area (Å²) in [7, 11) is 0. The zero-order valence-corrected chi connectivity index (χ0v) is 11.0.